The molecule has 4 heteroatoms. The van der Waals surface area contributed by atoms with Crippen molar-refractivity contribution < 1.29 is 9.18 Å². The zero-order chi connectivity index (χ0) is 13.0. The Morgan fingerprint density at radius 1 is 1.39 bits per heavy atom. The Morgan fingerprint density at radius 3 is 2.67 bits per heavy atom. The molecule has 2 rings (SSSR count). The second-order valence-electron chi connectivity index (χ2n) is 4.71. The van der Waals surface area contributed by atoms with E-state index in [1.807, 2.05) is 0 Å². The van der Waals surface area contributed by atoms with Crippen LogP contribution in [0, 0.1) is 5.82 Å². The van der Waals surface area contributed by atoms with Crippen molar-refractivity contribution in [3.8, 4) is 0 Å². The average molecular weight is 250 g/mol. The van der Waals surface area contributed by atoms with Gasteiger partial charge in [-0.05, 0) is 44.4 Å². The summed E-state index contributed by atoms with van der Waals surface area (Å²) in [7, 11) is 0. The number of halogens is 1. The molecule has 1 fully saturated rings. The summed E-state index contributed by atoms with van der Waals surface area (Å²) in [5, 5.41) is 0. The van der Waals surface area contributed by atoms with Crippen LogP contribution in [0.15, 0.2) is 24.3 Å². The summed E-state index contributed by atoms with van der Waals surface area (Å²) in [5.74, 6) is -0.647. The highest BCUT2D eigenvalue weighted by molar-refractivity contribution is 5.94. The van der Waals surface area contributed by atoms with Crippen LogP contribution < -0.4 is 5.73 Å². The molecule has 0 aromatic heterocycles. The standard InChI is InChI=1S/C14H19FN2O/c15-13-8-2-1-7-12(13)14(18)17(10-4-9-16)11-5-3-6-11/h1-2,7-8,11H,3-6,9-10,16H2. The second kappa shape index (κ2) is 5.96. The minimum Gasteiger partial charge on any atom is -0.336 e. The van der Waals surface area contributed by atoms with Gasteiger partial charge >= 0.3 is 0 Å². The molecule has 2 N–H and O–H groups in total. The van der Waals surface area contributed by atoms with Crippen LogP contribution in [0.2, 0.25) is 0 Å². The van der Waals surface area contributed by atoms with Crippen LogP contribution in [0.25, 0.3) is 0 Å². The molecule has 0 unspecified atom stereocenters. The van der Waals surface area contributed by atoms with E-state index in [0.717, 1.165) is 25.7 Å². The molecule has 0 atom stereocenters. The smallest absolute Gasteiger partial charge is 0.257 e. The maximum atomic E-state index is 13.6. The number of carbonyl (C=O) groups excluding carboxylic acids is 1. The highest BCUT2D eigenvalue weighted by Crippen LogP contribution is 2.26. The van der Waals surface area contributed by atoms with Crippen molar-refractivity contribution >= 4 is 5.91 Å². The highest BCUT2D eigenvalue weighted by Gasteiger charge is 2.29. The summed E-state index contributed by atoms with van der Waals surface area (Å²) in [6.07, 6.45) is 3.95. The fraction of sp³-hybridized carbons (Fsp3) is 0.500. The van der Waals surface area contributed by atoms with Crippen LogP contribution in [0.3, 0.4) is 0 Å². The van der Waals surface area contributed by atoms with E-state index in [1.54, 1.807) is 23.1 Å². The number of amides is 1. The van der Waals surface area contributed by atoms with Crippen LogP contribution in [-0.2, 0) is 0 Å². The fourth-order valence-corrected chi connectivity index (χ4v) is 2.20. The lowest BCUT2D eigenvalue weighted by Gasteiger charge is -2.37. The number of hydrogen-bond acceptors (Lipinski definition) is 2. The van der Waals surface area contributed by atoms with Gasteiger partial charge in [0.1, 0.15) is 5.82 Å². The van der Waals surface area contributed by atoms with Crippen molar-refractivity contribution in [1.82, 2.24) is 4.90 Å². The number of hydrogen-bond donors (Lipinski definition) is 1. The fourth-order valence-electron chi connectivity index (χ4n) is 2.20. The van der Waals surface area contributed by atoms with Gasteiger partial charge in [-0.1, -0.05) is 12.1 Å². The second-order valence-corrected chi connectivity index (χ2v) is 4.71. The van der Waals surface area contributed by atoms with Gasteiger partial charge < -0.3 is 10.6 Å². The molecule has 0 radical (unpaired) electrons. The molecule has 0 saturated heterocycles. The van der Waals surface area contributed by atoms with Gasteiger partial charge in [0.2, 0.25) is 0 Å². The third-order valence-corrected chi connectivity index (χ3v) is 3.48. The third-order valence-electron chi connectivity index (χ3n) is 3.48. The Morgan fingerprint density at radius 2 is 2.11 bits per heavy atom. The number of nitrogens with zero attached hydrogens (tertiary/aromatic N) is 1. The lowest BCUT2D eigenvalue weighted by atomic mass is 9.90. The number of nitrogens with two attached hydrogens (primary N) is 1. The van der Waals surface area contributed by atoms with Crippen molar-refractivity contribution in [2.75, 3.05) is 13.1 Å². The molecule has 1 aromatic carbocycles. The van der Waals surface area contributed by atoms with Crippen molar-refractivity contribution in [2.24, 2.45) is 5.73 Å². The Bertz CT molecular complexity index is 418. The van der Waals surface area contributed by atoms with E-state index in [2.05, 4.69) is 0 Å². The van der Waals surface area contributed by atoms with Crippen molar-refractivity contribution in [2.45, 2.75) is 31.7 Å². The van der Waals surface area contributed by atoms with Crippen LogP contribution >= 0.6 is 0 Å². The largest absolute Gasteiger partial charge is 0.336 e. The molecule has 0 heterocycles. The van der Waals surface area contributed by atoms with Gasteiger partial charge in [0, 0.05) is 12.6 Å². The van der Waals surface area contributed by atoms with Gasteiger partial charge in [0.25, 0.3) is 5.91 Å². The summed E-state index contributed by atoms with van der Waals surface area (Å²) in [6, 6.07) is 6.43. The summed E-state index contributed by atoms with van der Waals surface area (Å²) in [4.78, 5) is 14.1. The molecule has 0 spiro atoms. The zero-order valence-electron chi connectivity index (χ0n) is 10.4. The Labute approximate surface area is 107 Å². The van der Waals surface area contributed by atoms with E-state index in [1.165, 1.54) is 6.07 Å². The molecule has 0 bridgehead atoms. The molecular formula is C14H19FN2O. The van der Waals surface area contributed by atoms with E-state index in [-0.39, 0.29) is 17.5 Å². The van der Waals surface area contributed by atoms with Gasteiger partial charge in [-0.25, -0.2) is 4.39 Å². The molecule has 1 aliphatic rings. The van der Waals surface area contributed by atoms with E-state index >= 15 is 0 Å². The molecular weight excluding hydrogens is 231 g/mol. The monoisotopic (exact) mass is 250 g/mol. The van der Waals surface area contributed by atoms with Gasteiger partial charge in [0.15, 0.2) is 0 Å². The molecule has 1 aliphatic carbocycles. The van der Waals surface area contributed by atoms with Crippen LogP contribution in [0.5, 0.6) is 0 Å². The van der Waals surface area contributed by atoms with Crippen LogP contribution in [-0.4, -0.2) is 29.9 Å². The molecule has 3 nitrogen and oxygen atoms in total. The van der Waals surface area contributed by atoms with E-state index in [4.69, 9.17) is 5.73 Å². The third kappa shape index (κ3) is 2.70. The maximum absolute atomic E-state index is 13.6. The summed E-state index contributed by atoms with van der Waals surface area (Å²) < 4.78 is 13.6. The van der Waals surface area contributed by atoms with Gasteiger partial charge in [0.05, 0.1) is 5.56 Å². The van der Waals surface area contributed by atoms with E-state index in [0.29, 0.717) is 13.1 Å². The van der Waals surface area contributed by atoms with Crippen LogP contribution in [0.1, 0.15) is 36.0 Å². The van der Waals surface area contributed by atoms with Gasteiger partial charge in [-0.3, -0.25) is 4.79 Å². The lowest BCUT2D eigenvalue weighted by Crippen LogP contribution is -2.45. The average Bonchev–Trinajstić information content (AvgIpc) is 2.32. The quantitative estimate of drug-likeness (QED) is 0.870. The van der Waals surface area contributed by atoms with E-state index in [9.17, 15) is 9.18 Å². The predicted octanol–water partition coefficient (Wildman–Crippen LogP) is 2.17. The highest BCUT2D eigenvalue weighted by atomic mass is 19.1. The molecule has 1 amide bonds. The molecule has 18 heavy (non-hydrogen) atoms. The van der Waals surface area contributed by atoms with E-state index < -0.39 is 5.82 Å². The molecule has 1 aromatic rings. The number of benzene rings is 1. The summed E-state index contributed by atoms with van der Waals surface area (Å²) in [5.41, 5.74) is 5.66. The first-order chi connectivity index (χ1) is 8.74. The number of carbonyl (C=O) groups is 1. The SMILES string of the molecule is NCCCN(C(=O)c1ccccc1F)C1CCC1. The van der Waals surface area contributed by atoms with Crippen molar-refractivity contribution in [3.63, 3.8) is 0 Å². The van der Waals surface area contributed by atoms with Crippen LogP contribution in [0.4, 0.5) is 4.39 Å². The van der Waals surface area contributed by atoms with Crippen molar-refractivity contribution in [1.29, 1.82) is 0 Å². The van der Waals surface area contributed by atoms with Gasteiger partial charge in [-0.2, -0.15) is 0 Å². The molecule has 98 valence electrons. The first-order valence-electron chi connectivity index (χ1n) is 6.49. The Kier molecular flexibility index (Phi) is 4.31. The topological polar surface area (TPSA) is 46.3 Å². The maximum Gasteiger partial charge on any atom is 0.257 e. The molecule has 1 saturated carbocycles. The Hall–Kier alpha value is -1.42. The first-order valence-corrected chi connectivity index (χ1v) is 6.49. The van der Waals surface area contributed by atoms with Gasteiger partial charge in [-0.15, -0.1) is 0 Å². The minimum atomic E-state index is -0.445. The Balaban J connectivity index is 2.14. The normalized spacial score (nSPS) is 15.2. The summed E-state index contributed by atoms with van der Waals surface area (Å²) in [6.45, 7) is 1.17. The van der Waals surface area contributed by atoms with Crippen molar-refractivity contribution in [3.05, 3.63) is 35.6 Å². The summed E-state index contributed by atoms with van der Waals surface area (Å²) >= 11 is 0. The lowest BCUT2D eigenvalue weighted by molar-refractivity contribution is 0.0574. The predicted molar refractivity (Wildman–Crippen MR) is 68.7 cm³/mol. The number of rotatable bonds is 5. The minimum absolute atomic E-state index is 0.168. The first kappa shape index (κ1) is 13.0. The zero-order valence-corrected chi connectivity index (χ0v) is 10.4. The molecule has 0 aliphatic heterocycles.